The van der Waals surface area contributed by atoms with Crippen molar-refractivity contribution >= 4 is 11.6 Å². The second-order valence-electron chi connectivity index (χ2n) is 5.79. The smallest absolute Gasteiger partial charge is 0.324 e. The zero-order valence-electron chi connectivity index (χ0n) is 13.0. The number of hydrogen-bond acceptors (Lipinski definition) is 3. The Labute approximate surface area is 142 Å². The van der Waals surface area contributed by atoms with Gasteiger partial charge >= 0.3 is 6.18 Å². The van der Waals surface area contributed by atoms with Gasteiger partial charge in [-0.15, -0.1) is 0 Å². The minimum Gasteiger partial charge on any atom is -0.324 e. The molecule has 0 aliphatic carbocycles. The van der Waals surface area contributed by atoms with Gasteiger partial charge in [0.05, 0.1) is 18.2 Å². The lowest BCUT2D eigenvalue weighted by molar-refractivity contribution is -0.177. The number of alkyl halides is 6. The van der Waals surface area contributed by atoms with Gasteiger partial charge in [0.2, 0.25) is 5.91 Å². The van der Waals surface area contributed by atoms with Crippen molar-refractivity contribution in [3.8, 4) is 0 Å². The van der Waals surface area contributed by atoms with Gasteiger partial charge in [0.25, 0.3) is 12.0 Å². The summed E-state index contributed by atoms with van der Waals surface area (Å²) in [6.45, 7) is -1.58. The third kappa shape index (κ3) is 4.74. The maximum absolute atomic E-state index is 13.7. The van der Waals surface area contributed by atoms with E-state index in [1.54, 1.807) is 0 Å². The summed E-state index contributed by atoms with van der Waals surface area (Å²) in [7, 11) is 0. The summed E-state index contributed by atoms with van der Waals surface area (Å²) in [4.78, 5) is 23.4. The van der Waals surface area contributed by atoms with Crippen LogP contribution in [-0.4, -0.2) is 41.8 Å². The Morgan fingerprint density at radius 2 is 2.04 bits per heavy atom. The first-order chi connectivity index (χ1) is 12.0. The predicted octanol–water partition coefficient (Wildman–Crippen LogP) is 2.07. The first-order valence-corrected chi connectivity index (χ1v) is 7.42. The van der Waals surface area contributed by atoms with Gasteiger partial charge in [0.15, 0.2) is 5.82 Å². The Morgan fingerprint density at radius 1 is 1.38 bits per heavy atom. The Morgan fingerprint density at radius 3 is 2.58 bits per heavy atom. The summed E-state index contributed by atoms with van der Waals surface area (Å²) in [5, 5.41) is 3.99. The van der Waals surface area contributed by atoms with Gasteiger partial charge in [0.1, 0.15) is 12.2 Å². The molecular formula is C14H14F7N3O2. The van der Waals surface area contributed by atoms with Crippen LogP contribution >= 0.6 is 0 Å². The van der Waals surface area contributed by atoms with Gasteiger partial charge in [-0.1, -0.05) is 0 Å². The van der Waals surface area contributed by atoms with Crippen molar-refractivity contribution < 1.29 is 35.5 Å². The molecule has 2 heterocycles. The van der Waals surface area contributed by atoms with Crippen LogP contribution in [0.4, 0.5) is 36.4 Å². The van der Waals surface area contributed by atoms with Crippen molar-refractivity contribution in [3.05, 3.63) is 28.4 Å². The molecule has 0 spiro atoms. The van der Waals surface area contributed by atoms with Gasteiger partial charge in [-0.25, -0.2) is 17.6 Å². The Hall–Kier alpha value is -2.11. The number of aromatic nitrogens is 1. The lowest BCUT2D eigenvalue weighted by Crippen LogP contribution is -2.56. The van der Waals surface area contributed by atoms with Gasteiger partial charge in [-0.05, 0) is 6.42 Å². The normalized spacial score (nSPS) is 23.9. The van der Waals surface area contributed by atoms with Gasteiger partial charge in [0, 0.05) is 18.8 Å². The average Bonchev–Trinajstić information content (AvgIpc) is 2.50. The highest BCUT2D eigenvalue weighted by atomic mass is 19.4. The second-order valence-corrected chi connectivity index (χ2v) is 5.79. The third-order valence-electron chi connectivity index (χ3n) is 3.82. The summed E-state index contributed by atoms with van der Waals surface area (Å²) in [6, 6.07) is -1.80. The molecule has 1 aliphatic rings. The summed E-state index contributed by atoms with van der Waals surface area (Å²) >= 11 is 0. The van der Waals surface area contributed by atoms with Crippen molar-refractivity contribution in [1.29, 1.82) is 0 Å². The average molecular weight is 389 g/mol. The monoisotopic (exact) mass is 389 g/mol. The SMILES string of the molecule is O=C(Nc1cc(F)c(=O)n(CC(F)F)c1)C1CNC(C(F)(F)F)C(F)C1. The number of piperidine rings is 1. The van der Waals surface area contributed by atoms with E-state index in [1.807, 2.05) is 5.32 Å². The molecule has 1 aliphatic heterocycles. The quantitative estimate of drug-likeness (QED) is 0.776. The van der Waals surface area contributed by atoms with E-state index in [2.05, 4.69) is 5.32 Å². The number of pyridine rings is 1. The maximum atomic E-state index is 13.7. The summed E-state index contributed by atoms with van der Waals surface area (Å²) in [5.74, 6) is -3.52. The van der Waals surface area contributed by atoms with E-state index < -0.39 is 67.5 Å². The molecule has 3 unspecified atom stereocenters. The van der Waals surface area contributed by atoms with Crippen LogP contribution in [0.2, 0.25) is 0 Å². The molecule has 3 atom stereocenters. The largest absolute Gasteiger partial charge is 0.406 e. The molecule has 146 valence electrons. The van der Waals surface area contributed by atoms with Crippen molar-refractivity contribution in [3.63, 3.8) is 0 Å². The molecule has 12 heteroatoms. The van der Waals surface area contributed by atoms with Crippen molar-refractivity contribution in [2.24, 2.45) is 5.92 Å². The van der Waals surface area contributed by atoms with Crippen LogP contribution in [0.1, 0.15) is 6.42 Å². The molecule has 1 saturated heterocycles. The van der Waals surface area contributed by atoms with E-state index in [0.29, 0.717) is 10.6 Å². The maximum Gasteiger partial charge on any atom is 0.406 e. The zero-order valence-corrected chi connectivity index (χ0v) is 13.0. The van der Waals surface area contributed by atoms with Crippen LogP contribution in [0.5, 0.6) is 0 Å². The predicted molar refractivity (Wildman–Crippen MR) is 76.1 cm³/mol. The van der Waals surface area contributed by atoms with Crippen LogP contribution in [-0.2, 0) is 11.3 Å². The molecule has 1 aromatic rings. The molecule has 0 bridgehead atoms. The molecule has 5 nitrogen and oxygen atoms in total. The van der Waals surface area contributed by atoms with E-state index >= 15 is 0 Å². The standard InChI is InChI=1S/C14H14F7N3O2/c15-8-1-6(3-22-11(8)14(19,20)21)12(25)23-7-2-9(16)13(26)24(4-7)5-10(17)18/h2,4,6,8,10-11,22H,1,3,5H2,(H,23,25). The molecule has 2 rings (SSSR count). The molecular weight excluding hydrogens is 375 g/mol. The zero-order chi connectivity index (χ0) is 19.6. The Bertz CT molecular complexity index is 719. The van der Waals surface area contributed by atoms with Crippen LogP contribution in [0.15, 0.2) is 17.1 Å². The Kier molecular flexibility index (Phi) is 5.94. The van der Waals surface area contributed by atoms with Crippen molar-refractivity contribution in [2.75, 3.05) is 11.9 Å². The van der Waals surface area contributed by atoms with E-state index in [9.17, 15) is 40.3 Å². The third-order valence-corrected chi connectivity index (χ3v) is 3.82. The number of hydrogen-bond donors (Lipinski definition) is 2. The lowest BCUT2D eigenvalue weighted by atomic mass is 9.92. The fraction of sp³-hybridized carbons (Fsp3) is 0.571. The van der Waals surface area contributed by atoms with Crippen LogP contribution < -0.4 is 16.2 Å². The highest BCUT2D eigenvalue weighted by molar-refractivity contribution is 5.92. The number of amides is 1. The summed E-state index contributed by atoms with van der Waals surface area (Å²) < 4.78 is 90.0. The van der Waals surface area contributed by atoms with Crippen molar-refractivity contribution in [1.82, 2.24) is 9.88 Å². The number of anilines is 1. The fourth-order valence-electron chi connectivity index (χ4n) is 2.61. The van der Waals surface area contributed by atoms with E-state index in [4.69, 9.17) is 0 Å². The van der Waals surface area contributed by atoms with Crippen molar-refractivity contribution in [2.45, 2.75) is 37.8 Å². The number of nitrogens with zero attached hydrogens (tertiary/aromatic N) is 1. The number of rotatable bonds is 4. The topological polar surface area (TPSA) is 63.1 Å². The molecule has 2 N–H and O–H groups in total. The van der Waals surface area contributed by atoms with Crippen LogP contribution in [0, 0.1) is 11.7 Å². The first kappa shape index (κ1) is 20.2. The highest BCUT2D eigenvalue weighted by Gasteiger charge is 2.48. The van der Waals surface area contributed by atoms with Gasteiger partial charge in [-0.3, -0.25) is 9.59 Å². The number of halogens is 7. The minimum atomic E-state index is -4.81. The summed E-state index contributed by atoms with van der Waals surface area (Å²) in [5.41, 5.74) is -1.67. The molecule has 1 fully saturated rings. The number of carbonyl (C=O) groups excluding carboxylic acids is 1. The van der Waals surface area contributed by atoms with E-state index in [1.165, 1.54) is 0 Å². The van der Waals surface area contributed by atoms with E-state index in [-0.39, 0.29) is 5.69 Å². The fourth-order valence-corrected chi connectivity index (χ4v) is 2.61. The first-order valence-electron chi connectivity index (χ1n) is 7.42. The van der Waals surface area contributed by atoms with Gasteiger partial charge < -0.3 is 15.2 Å². The molecule has 1 amide bonds. The van der Waals surface area contributed by atoms with E-state index in [0.717, 1.165) is 6.20 Å². The van der Waals surface area contributed by atoms with Gasteiger partial charge in [-0.2, -0.15) is 13.2 Å². The molecule has 26 heavy (non-hydrogen) atoms. The molecule has 1 aromatic heterocycles. The number of nitrogens with one attached hydrogen (secondary N) is 2. The highest BCUT2D eigenvalue weighted by Crippen LogP contribution is 2.30. The van der Waals surface area contributed by atoms with Crippen LogP contribution in [0.3, 0.4) is 0 Å². The second kappa shape index (κ2) is 7.64. The summed E-state index contributed by atoms with van der Waals surface area (Å²) in [6.07, 6.45) is -10.1. The lowest BCUT2D eigenvalue weighted by Gasteiger charge is -2.33. The molecule has 0 radical (unpaired) electrons. The molecule has 0 aromatic carbocycles. The van der Waals surface area contributed by atoms with Crippen LogP contribution in [0.25, 0.3) is 0 Å². The molecule has 0 saturated carbocycles. The number of carbonyl (C=O) groups is 1. The minimum absolute atomic E-state index is 0.346. The Balaban J connectivity index is 2.09.